The van der Waals surface area contributed by atoms with Gasteiger partial charge < -0.3 is 10.3 Å². The molecule has 0 radical (unpaired) electrons. The van der Waals surface area contributed by atoms with Gasteiger partial charge in [-0.25, -0.2) is 0 Å². The van der Waals surface area contributed by atoms with E-state index >= 15 is 0 Å². The number of rotatable bonds is 2. The van der Waals surface area contributed by atoms with Crippen molar-refractivity contribution in [2.24, 2.45) is 0 Å². The molecule has 1 aliphatic carbocycles. The Morgan fingerprint density at radius 3 is 2.90 bits per heavy atom. The molecule has 1 amide bonds. The Labute approximate surface area is 119 Å². The van der Waals surface area contributed by atoms with Crippen LogP contribution in [0.3, 0.4) is 0 Å². The predicted octanol–water partition coefficient (Wildman–Crippen LogP) is 3.62. The number of aryl methyl sites for hydroxylation is 2. The lowest BCUT2D eigenvalue weighted by atomic mass is 10.0. The Bertz CT molecular complexity index is 682. The lowest BCUT2D eigenvalue weighted by molar-refractivity contribution is 0.0935. The largest absolute Gasteiger partial charge is 0.358 e. The molecule has 20 heavy (non-hydrogen) atoms. The van der Waals surface area contributed by atoms with Crippen molar-refractivity contribution in [3.05, 3.63) is 47.2 Å². The third-order valence-electron chi connectivity index (χ3n) is 4.17. The van der Waals surface area contributed by atoms with Crippen LogP contribution in [0.5, 0.6) is 0 Å². The molecule has 0 saturated heterocycles. The van der Waals surface area contributed by atoms with Crippen LogP contribution in [0.25, 0.3) is 10.9 Å². The summed E-state index contributed by atoms with van der Waals surface area (Å²) in [4.78, 5) is 15.7. The van der Waals surface area contributed by atoms with Crippen LogP contribution < -0.4 is 5.32 Å². The van der Waals surface area contributed by atoms with E-state index in [1.165, 1.54) is 5.56 Å². The minimum Gasteiger partial charge on any atom is -0.358 e. The second-order valence-electron chi connectivity index (χ2n) is 5.59. The third kappa shape index (κ3) is 2.36. The number of carbonyl (C=O) groups excluding carboxylic acids is 1. The Kier molecular flexibility index (Phi) is 3.35. The predicted molar refractivity (Wildman–Crippen MR) is 82.0 cm³/mol. The lowest BCUT2D eigenvalue weighted by Gasteiger charge is -2.19. The van der Waals surface area contributed by atoms with E-state index in [4.69, 9.17) is 0 Å². The van der Waals surface area contributed by atoms with Gasteiger partial charge in [-0.15, -0.1) is 0 Å². The van der Waals surface area contributed by atoms with Gasteiger partial charge in [0.05, 0.1) is 0 Å². The number of aromatic amines is 1. The SMILES string of the molecule is Cc1[nH]c2ccc(C(=O)NC3CC=CCC3)cc2c1C. The van der Waals surface area contributed by atoms with Gasteiger partial charge in [0.1, 0.15) is 0 Å². The molecule has 1 aromatic heterocycles. The first kappa shape index (κ1) is 13.0. The number of fused-ring (bicyclic) bond motifs is 1. The summed E-state index contributed by atoms with van der Waals surface area (Å²) >= 11 is 0. The van der Waals surface area contributed by atoms with E-state index in [2.05, 4.69) is 36.3 Å². The molecule has 0 bridgehead atoms. The van der Waals surface area contributed by atoms with E-state index in [1.54, 1.807) is 0 Å². The highest BCUT2D eigenvalue weighted by molar-refractivity contribution is 5.99. The molecule has 0 spiro atoms. The van der Waals surface area contributed by atoms with E-state index in [-0.39, 0.29) is 11.9 Å². The van der Waals surface area contributed by atoms with E-state index in [0.717, 1.165) is 41.4 Å². The highest BCUT2D eigenvalue weighted by Gasteiger charge is 2.15. The molecule has 2 aromatic rings. The molecule has 3 nitrogen and oxygen atoms in total. The Balaban J connectivity index is 1.84. The van der Waals surface area contributed by atoms with Crippen LogP contribution in [-0.2, 0) is 0 Å². The molecule has 1 unspecified atom stereocenters. The fourth-order valence-electron chi connectivity index (χ4n) is 2.80. The van der Waals surface area contributed by atoms with Gasteiger partial charge in [-0.2, -0.15) is 0 Å². The molecule has 1 aliphatic rings. The maximum atomic E-state index is 12.3. The number of benzene rings is 1. The number of hydrogen-bond donors (Lipinski definition) is 2. The number of amides is 1. The van der Waals surface area contributed by atoms with Crippen molar-refractivity contribution in [3.63, 3.8) is 0 Å². The van der Waals surface area contributed by atoms with Gasteiger partial charge >= 0.3 is 0 Å². The quantitative estimate of drug-likeness (QED) is 0.803. The monoisotopic (exact) mass is 268 g/mol. The highest BCUT2D eigenvalue weighted by atomic mass is 16.1. The molecule has 0 aliphatic heterocycles. The standard InChI is InChI=1S/C17H20N2O/c1-11-12(2)18-16-9-8-13(10-15(11)16)17(20)19-14-6-4-3-5-7-14/h3-4,8-10,14,18H,5-7H2,1-2H3,(H,19,20). The number of nitrogens with one attached hydrogen (secondary N) is 2. The average molecular weight is 268 g/mol. The van der Waals surface area contributed by atoms with E-state index in [1.807, 2.05) is 18.2 Å². The number of aromatic nitrogens is 1. The van der Waals surface area contributed by atoms with E-state index in [9.17, 15) is 4.79 Å². The molecule has 1 aromatic carbocycles. The normalized spacial score (nSPS) is 18.4. The van der Waals surface area contributed by atoms with Crippen LogP contribution in [0.2, 0.25) is 0 Å². The highest BCUT2D eigenvalue weighted by Crippen LogP contribution is 2.22. The summed E-state index contributed by atoms with van der Waals surface area (Å²) in [7, 11) is 0. The van der Waals surface area contributed by atoms with Crippen LogP contribution in [-0.4, -0.2) is 16.9 Å². The number of allylic oxidation sites excluding steroid dienone is 1. The molecule has 2 N–H and O–H groups in total. The van der Waals surface area contributed by atoms with Crippen molar-refractivity contribution < 1.29 is 4.79 Å². The average Bonchev–Trinajstić information content (AvgIpc) is 2.75. The molecule has 3 rings (SSSR count). The topological polar surface area (TPSA) is 44.9 Å². The second-order valence-corrected chi connectivity index (χ2v) is 5.59. The van der Waals surface area contributed by atoms with Crippen LogP contribution in [0.1, 0.15) is 40.9 Å². The van der Waals surface area contributed by atoms with Crippen molar-refractivity contribution in [3.8, 4) is 0 Å². The zero-order chi connectivity index (χ0) is 14.1. The summed E-state index contributed by atoms with van der Waals surface area (Å²) in [6.07, 6.45) is 7.36. The van der Waals surface area contributed by atoms with Gasteiger partial charge in [-0.3, -0.25) is 4.79 Å². The number of H-pyrrole nitrogens is 1. The summed E-state index contributed by atoms with van der Waals surface area (Å²) in [5.41, 5.74) is 4.22. The van der Waals surface area contributed by atoms with E-state index < -0.39 is 0 Å². The first-order valence-corrected chi connectivity index (χ1v) is 7.20. The van der Waals surface area contributed by atoms with Crippen molar-refractivity contribution in [1.82, 2.24) is 10.3 Å². The van der Waals surface area contributed by atoms with Gasteiger partial charge in [0.25, 0.3) is 5.91 Å². The van der Waals surface area contributed by atoms with Crippen LogP contribution in [0.15, 0.2) is 30.4 Å². The van der Waals surface area contributed by atoms with Crippen molar-refractivity contribution in [1.29, 1.82) is 0 Å². The van der Waals surface area contributed by atoms with Gasteiger partial charge in [-0.05, 0) is 56.9 Å². The summed E-state index contributed by atoms with van der Waals surface area (Å²) in [5, 5.41) is 4.26. The van der Waals surface area contributed by atoms with Crippen LogP contribution in [0, 0.1) is 13.8 Å². The third-order valence-corrected chi connectivity index (χ3v) is 4.17. The molecule has 3 heteroatoms. The zero-order valence-electron chi connectivity index (χ0n) is 12.0. The smallest absolute Gasteiger partial charge is 0.251 e. The first-order chi connectivity index (χ1) is 9.65. The van der Waals surface area contributed by atoms with Crippen molar-refractivity contribution >= 4 is 16.8 Å². The molecule has 1 atom stereocenters. The lowest BCUT2D eigenvalue weighted by Crippen LogP contribution is -2.35. The Morgan fingerprint density at radius 2 is 2.15 bits per heavy atom. The Hall–Kier alpha value is -2.03. The minimum atomic E-state index is 0.0328. The second kappa shape index (κ2) is 5.16. The van der Waals surface area contributed by atoms with Gasteiger partial charge in [-0.1, -0.05) is 12.2 Å². The number of hydrogen-bond acceptors (Lipinski definition) is 1. The minimum absolute atomic E-state index is 0.0328. The molecule has 1 heterocycles. The van der Waals surface area contributed by atoms with Crippen molar-refractivity contribution in [2.45, 2.75) is 39.2 Å². The maximum absolute atomic E-state index is 12.3. The summed E-state index contributed by atoms with van der Waals surface area (Å²) < 4.78 is 0. The Morgan fingerprint density at radius 1 is 1.30 bits per heavy atom. The molecular weight excluding hydrogens is 248 g/mol. The van der Waals surface area contributed by atoms with Gasteiger partial charge in [0, 0.05) is 28.2 Å². The van der Waals surface area contributed by atoms with E-state index in [0.29, 0.717) is 0 Å². The first-order valence-electron chi connectivity index (χ1n) is 7.20. The van der Waals surface area contributed by atoms with Crippen molar-refractivity contribution in [2.75, 3.05) is 0 Å². The summed E-state index contributed by atoms with van der Waals surface area (Å²) in [6, 6.07) is 6.15. The fraction of sp³-hybridized carbons (Fsp3) is 0.353. The zero-order valence-corrected chi connectivity index (χ0v) is 12.0. The molecule has 0 fully saturated rings. The maximum Gasteiger partial charge on any atom is 0.251 e. The van der Waals surface area contributed by atoms with Crippen LogP contribution >= 0.6 is 0 Å². The summed E-state index contributed by atoms with van der Waals surface area (Å²) in [5.74, 6) is 0.0328. The number of carbonyl (C=O) groups is 1. The van der Waals surface area contributed by atoms with Gasteiger partial charge in [0.2, 0.25) is 0 Å². The molecule has 0 saturated carbocycles. The van der Waals surface area contributed by atoms with Crippen LogP contribution in [0.4, 0.5) is 0 Å². The molecular formula is C17H20N2O. The fourth-order valence-corrected chi connectivity index (χ4v) is 2.80. The molecule has 104 valence electrons. The van der Waals surface area contributed by atoms with Gasteiger partial charge in [0.15, 0.2) is 0 Å². The summed E-state index contributed by atoms with van der Waals surface area (Å²) in [6.45, 7) is 4.14.